The van der Waals surface area contributed by atoms with E-state index in [1.807, 2.05) is 0 Å². The van der Waals surface area contributed by atoms with Crippen molar-refractivity contribution in [1.29, 1.82) is 0 Å². The summed E-state index contributed by atoms with van der Waals surface area (Å²) in [4.78, 5) is 75.0. The molecule has 0 radical (unpaired) electrons. The first-order valence-corrected chi connectivity index (χ1v) is 11.0. The second-order valence-electron chi connectivity index (χ2n) is 9.51. The van der Waals surface area contributed by atoms with Crippen molar-refractivity contribution in [1.82, 2.24) is 0 Å². The maximum absolute atomic E-state index is 13.3. The van der Waals surface area contributed by atoms with Gasteiger partial charge in [0, 0.05) is 26.2 Å². The standard InChI is InChI=1S/C23H26O11/c1-10(9-24)12-5-13(26)17(20(28)30-4)18-14(27)7-22(3,33-18)8-15-19-23(34-19,21(29)32-15)16(6-12)31-11(2)25/h9,12,15-19H,1,5-8H2,2-4H3/t12-,15-,16-,17+,18-,19-,22+,23-/m0/s1. The van der Waals surface area contributed by atoms with E-state index < -0.39 is 83.3 Å². The summed E-state index contributed by atoms with van der Waals surface area (Å²) in [5, 5.41) is 0. The molecule has 4 aliphatic heterocycles. The van der Waals surface area contributed by atoms with Gasteiger partial charge in [0.2, 0.25) is 5.60 Å². The molecule has 0 aliphatic carbocycles. The van der Waals surface area contributed by atoms with E-state index >= 15 is 0 Å². The van der Waals surface area contributed by atoms with Crippen LogP contribution in [0.25, 0.3) is 0 Å². The first-order chi connectivity index (χ1) is 16.0. The fourth-order valence-electron chi connectivity index (χ4n) is 5.36. The number of ketones is 2. The van der Waals surface area contributed by atoms with Crippen molar-refractivity contribution in [2.45, 2.75) is 75.1 Å². The van der Waals surface area contributed by atoms with Crippen LogP contribution in [0, 0.1) is 11.8 Å². The minimum Gasteiger partial charge on any atom is -0.468 e. The van der Waals surface area contributed by atoms with Gasteiger partial charge in [0.1, 0.15) is 36.6 Å². The van der Waals surface area contributed by atoms with Crippen LogP contribution in [0.3, 0.4) is 0 Å². The molecule has 0 N–H and O–H groups in total. The number of allylic oxidation sites excluding steroid dienone is 1. The molecule has 4 fully saturated rings. The minimum atomic E-state index is -1.59. The predicted molar refractivity (Wildman–Crippen MR) is 109 cm³/mol. The first-order valence-electron chi connectivity index (χ1n) is 11.0. The van der Waals surface area contributed by atoms with Crippen LogP contribution in [0.5, 0.6) is 0 Å². The smallest absolute Gasteiger partial charge is 0.345 e. The normalized spacial score (nSPS) is 41.2. The third kappa shape index (κ3) is 3.86. The number of hydrogen-bond donors (Lipinski definition) is 0. The largest absolute Gasteiger partial charge is 0.468 e. The number of esters is 3. The number of carbonyl (C=O) groups excluding carboxylic acids is 6. The summed E-state index contributed by atoms with van der Waals surface area (Å²) in [5.41, 5.74) is -2.74. The Morgan fingerprint density at radius 2 is 1.88 bits per heavy atom. The van der Waals surface area contributed by atoms with Gasteiger partial charge in [-0.1, -0.05) is 6.58 Å². The zero-order valence-electron chi connectivity index (χ0n) is 19.1. The van der Waals surface area contributed by atoms with Crippen molar-refractivity contribution < 1.29 is 52.5 Å². The van der Waals surface area contributed by atoms with Crippen LogP contribution >= 0.6 is 0 Å². The molecular formula is C23H26O11. The Bertz CT molecular complexity index is 985. The van der Waals surface area contributed by atoms with Crippen molar-refractivity contribution in [3.05, 3.63) is 12.2 Å². The second-order valence-corrected chi connectivity index (χ2v) is 9.51. The molecule has 0 amide bonds. The minimum absolute atomic E-state index is 0.0102. The zero-order valence-corrected chi connectivity index (χ0v) is 19.1. The first kappa shape index (κ1) is 24.2. The summed E-state index contributed by atoms with van der Waals surface area (Å²) < 4.78 is 27.4. The van der Waals surface area contributed by atoms with E-state index in [1.165, 1.54) is 0 Å². The molecule has 184 valence electrons. The van der Waals surface area contributed by atoms with Crippen LogP contribution in [-0.2, 0) is 52.5 Å². The van der Waals surface area contributed by atoms with Crippen molar-refractivity contribution in [3.8, 4) is 0 Å². The number of Topliss-reactive ketones (excluding diaryl/α,β-unsaturated/α-hetero) is 2. The van der Waals surface area contributed by atoms with E-state index in [9.17, 15) is 28.8 Å². The van der Waals surface area contributed by atoms with Gasteiger partial charge in [-0.25, -0.2) is 4.79 Å². The third-order valence-electron chi connectivity index (χ3n) is 7.03. The molecule has 0 saturated carbocycles. The Balaban J connectivity index is 1.78. The SMILES string of the molecule is C=C(C=O)[C@H]1CC(=O)[C@@H](C(=O)OC)[C@H]2O[C@](C)(CC2=O)C[C@@H]2OC(=O)[C@]3(O[C@@H]23)[C@@H](OC(C)=O)C1. The molecule has 11 nitrogen and oxygen atoms in total. The molecule has 34 heavy (non-hydrogen) atoms. The number of methoxy groups -OCH3 is 1. The summed E-state index contributed by atoms with van der Waals surface area (Å²) in [6.45, 7) is 6.47. The van der Waals surface area contributed by atoms with Gasteiger partial charge in [-0.2, -0.15) is 0 Å². The molecule has 4 rings (SSSR count). The van der Waals surface area contributed by atoms with Crippen LogP contribution in [0.2, 0.25) is 0 Å². The molecule has 0 aromatic rings. The molecule has 0 aromatic heterocycles. The molecule has 4 heterocycles. The van der Waals surface area contributed by atoms with Gasteiger partial charge in [-0.3, -0.25) is 24.0 Å². The molecule has 8 atom stereocenters. The Morgan fingerprint density at radius 3 is 2.47 bits per heavy atom. The molecule has 0 unspecified atom stereocenters. The van der Waals surface area contributed by atoms with Gasteiger partial charge >= 0.3 is 17.9 Å². The Kier molecular flexibility index (Phi) is 5.97. The lowest BCUT2D eigenvalue weighted by atomic mass is 9.80. The van der Waals surface area contributed by atoms with Crippen LogP contribution < -0.4 is 0 Å². The average molecular weight is 478 g/mol. The summed E-state index contributed by atoms with van der Waals surface area (Å²) in [6.07, 6.45) is -4.30. The molecule has 4 bridgehead atoms. The van der Waals surface area contributed by atoms with E-state index in [0.717, 1.165) is 14.0 Å². The van der Waals surface area contributed by atoms with Crippen LogP contribution in [-0.4, -0.2) is 78.5 Å². The maximum atomic E-state index is 13.3. The lowest BCUT2D eigenvalue weighted by Crippen LogP contribution is -2.43. The van der Waals surface area contributed by atoms with Gasteiger partial charge in [0.25, 0.3) is 0 Å². The number of carbonyl (C=O) groups is 6. The molecule has 0 spiro atoms. The third-order valence-corrected chi connectivity index (χ3v) is 7.03. The predicted octanol–water partition coefficient (Wildman–Crippen LogP) is 0.0113. The van der Waals surface area contributed by atoms with Gasteiger partial charge in [0.05, 0.1) is 12.7 Å². The zero-order chi connectivity index (χ0) is 25.0. The van der Waals surface area contributed by atoms with Crippen molar-refractivity contribution in [2.75, 3.05) is 7.11 Å². The fraction of sp³-hybridized carbons (Fsp3) is 0.652. The summed E-state index contributed by atoms with van der Waals surface area (Å²) >= 11 is 0. The van der Waals surface area contributed by atoms with E-state index in [4.69, 9.17) is 23.7 Å². The van der Waals surface area contributed by atoms with E-state index in [2.05, 4.69) is 6.58 Å². The van der Waals surface area contributed by atoms with Crippen molar-refractivity contribution in [3.63, 3.8) is 0 Å². The highest BCUT2D eigenvalue weighted by molar-refractivity contribution is 6.05. The Morgan fingerprint density at radius 1 is 1.18 bits per heavy atom. The highest BCUT2D eigenvalue weighted by atomic mass is 16.7. The number of hydrogen-bond acceptors (Lipinski definition) is 11. The summed E-state index contributed by atoms with van der Waals surface area (Å²) in [5.74, 6) is -5.98. The summed E-state index contributed by atoms with van der Waals surface area (Å²) in [7, 11) is 1.09. The Hall–Kier alpha value is -2.92. The molecule has 0 aromatic carbocycles. The summed E-state index contributed by atoms with van der Waals surface area (Å²) in [6, 6.07) is 0. The number of ether oxygens (including phenoxy) is 5. The lowest BCUT2D eigenvalue weighted by molar-refractivity contribution is -0.169. The lowest BCUT2D eigenvalue weighted by Gasteiger charge is -2.29. The van der Waals surface area contributed by atoms with Gasteiger partial charge in [-0.05, 0) is 24.8 Å². The van der Waals surface area contributed by atoms with Crippen LogP contribution in [0.4, 0.5) is 0 Å². The van der Waals surface area contributed by atoms with Crippen LogP contribution in [0.1, 0.15) is 39.5 Å². The number of fused-ring (bicyclic) bond motifs is 2. The van der Waals surface area contributed by atoms with Crippen molar-refractivity contribution >= 4 is 35.8 Å². The highest BCUT2D eigenvalue weighted by Crippen LogP contribution is 2.54. The number of epoxide rings is 1. The van der Waals surface area contributed by atoms with Gasteiger partial charge < -0.3 is 23.7 Å². The van der Waals surface area contributed by atoms with Gasteiger partial charge in [-0.15, -0.1) is 0 Å². The second kappa shape index (κ2) is 8.38. The van der Waals surface area contributed by atoms with E-state index in [1.54, 1.807) is 6.92 Å². The monoisotopic (exact) mass is 478 g/mol. The average Bonchev–Trinajstić information content (AvgIpc) is 3.38. The molecule has 11 heteroatoms. The van der Waals surface area contributed by atoms with E-state index in [0.29, 0.717) is 6.29 Å². The van der Waals surface area contributed by atoms with E-state index in [-0.39, 0.29) is 24.8 Å². The van der Waals surface area contributed by atoms with Gasteiger partial charge in [0.15, 0.2) is 11.6 Å². The highest BCUT2D eigenvalue weighted by Gasteiger charge is 2.78. The fourth-order valence-corrected chi connectivity index (χ4v) is 5.36. The molecule has 4 saturated heterocycles. The molecule has 4 aliphatic rings. The molecular weight excluding hydrogens is 452 g/mol. The maximum Gasteiger partial charge on any atom is 0.345 e. The van der Waals surface area contributed by atoms with Crippen molar-refractivity contribution in [2.24, 2.45) is 11.8 Å². The van der Waals surface area contributed by atoms with Crippen LogP contribution in [0.15, 0.2) is 12.2 Å². The quantitative estimate of drug-likeness (QED) is 0.134. The topological polar surface area (TPSA) is 152 Å². The Labute approximate surface area is 195 Å². The number of rotatable bonds is 4. The number of aldehydes is 1.